The summed E-state index contributed by atoms with van der Waals surface area (Å²) in [7, 11) is 0. The Labute approximate surface area is 80.3 Å². The van der Waals surface area contributed by atoms with Crippen molar-refractivity contribution in [2.24, 2.45) is 0 Å². The molecule has 0 spiro atoms. The molecule has 0 aliphatic carbocycles. The van der Waals surface area contributed by atoms with Gasteiger partial charge in [0, 0.05) is 19.6 Å². The fraction of sp³-hybridized carbons (Fsp3) is 0.750. The van der Waals surface area contributed by atoms with Gasteiger partial charge in [0.25, 0.3) is 0 Å². The number of hydrogen-bond acceptors (Lipinski definition) is 3. The zero-order valence-corrected chi connectivity index (χ0v) is 8.35. The second-order valence-electron chi connectivity index (χ2n) is 2.63. The van der Waals surface area contributed by atoms with E-state index in [9.17, 15) is 0 Å². The third-order valence-electron chi connectivity index (χ3n) is 1.72. The van der Waals surface area contributed by atoms with Crippen molar-refractivity contribution < 1.29 is 4.84 Å². The molecule has 1 rings (SSSR count). The molecule has 0 bridgehead atoms. The summed E-state index contributed by atoms with van der Waals surface area (Å²) in [4.78, 5) is 7.63. The van der Waals surface area contributed by atoms with Gasteiger partial charge >= 0.3 is 0 Å². The number of hydroxylamine groups is 2. The summed E-state index contributed by atoms with van der Waals surface area (Å²) in [5.41, 5.74) is 0. The first-order valence-corrected chi connectivity index (χ1v) is 4.08. The number of nitrogens with zero attached hydrogens (tertiary/aromatic N) is 2. The largest absolute Gasteiger partial charge is 0.298 e. The van der Waals surface area contributed by atoms with Crippen molar-refractivity contribution in [2.75, 3.05) is 32.9 Å². The average molecular weight is 193 g/mol. The van der Waals surface area contributed by atoms with Crippen molar-refractivity contribution >= 4 is 12.4 Å². The van der Waals surface area contributed by atoms with Crippen molar-refractivity contribution in [3.8, 4) is 0 Å². The Morgan fingerprint density at radius 1 is 1.50 bits per heavy atom. The lowest BCUT2D eigenvalue weighted by Gasteiger charge is -2.15. The predicted octanol–water partition coefficient (Wildman–Crippen LogP) is 1.12. The van der Waals surface area contributed by atoms with E-state index in [1.54, 1.807) is 0 Å². The summed E-state index contributed by atoms with van der Waals surface area (Å²) in [6.45, 7) is 10.5. The molecule has 0 unspecified atom stereocenters. The molecule has 1 fully saturated rings. The van der Waals surface area contributed by atoms with Crippen LogP contribution in [0.2, 0.25) is 0 Å². The highest BCUT2D eigenvalue weighted by Gasteiger charge is 2.18. The van der Waals surface area contributed by atoms with Gasteiger partial charge in [-0.25, -0.2) is 0 Å². The molecule has 4 heteroatoms. The van der Waals surface area contributed by atoms with Crippen molar-refractivity contribution in [1.82, 2.24) is 9.96 Å². The van der Waals surface area contributed by atoms with Crippen LogP contribution in [0.25, 0.3) is 0 Å². The van der Waals surface area contributed by atoms with E-state index >= 15 is 0 Å². The highest BCUT2D eigenvalue weighted by molar-refractivity contribution is 5.85. The minimum atomic E-state index is 0. The molecule has 3 nitrogen and oxygen atoms in total. The molecule has 0 amide bonds. The molecule has 72 valence electrons. The number of hydrogen-bond donors (Lipinski definition) is 0. The minimum absolute atomic E-state index is 0. The Morgan fingerprint density at radius 2 is 2.25 bits per heavy atom. The Hall–Kier alpha value is -0.0900. The summed E-state index contributed by atoms with van der Waals surface area (Å²) < 4.78 is 0. The Morgan fingerprint density at radius 3 is 2.83 bits per heavy atom. The van der Waals surface area contributed by atoms with Gasteiger partial charge in [0.2, 0.25) is 0 Å². The molecule has 0 aromatic carbocycles. The quantitative estimate of drug-likeness (QED) is 0.621. The van der Waals surface area contributed by atoms with E-state index in [1.165, 1.54) is 0 Å². The van der Waals surface area contributed by atoms with E-state index in [0.717, 1.165) is 32.9 Å². The monoisotopic (exact) mass is 192 g/mol. The molecule has 0 radical (unpaired) electrons. The van der Waals surface area contributed by atoms with Crippen LogP contribution >= 0.6 is 12.4 Å². The lowest BCUT2D eigenvalue weighted by atomic mass is 10.5. The van der Waals surface area contributed by atoms with Crippen LogP contribution in [-0.4, -0.2) is 42.9 Å². The molecule has 1 aliphatic rings. The van der Waals surface area contributed by atoms with Crippen molar-refractivity contribution in [3.05, 3.63) is 12.7 Å². The SMILES string of the molecule is C=CCN1CCN(OCC)C1.Cl. The van der Waals surface area contributed by atoms with Crippen molar-refractivity contribution in [3.63, 3.8) is 0 Å². The predicted molar refractivity (Wildman–Crippen MR) is 52.2 cm³/mol. The zero-order valence-electron chi connectivity index (χ0n) is 7.53. The normalized spacial score (nSPS) is 19.1. The first-order chi connectivity index (χ1) is 5.36. The van der Waals surface area contributed by atoms with Gasteiger partial charge in [-0.2, -0.15) is 5.06 Å². The molecule has 1 aliphatic heterocycles. The third-order valence-corrected chi connectivity index (χ3v) is 1.72. The second-order valence-corrected chi connectivity index (χ2v) is 2.63. The first kappa shape index (κ1) is 11.9. The van der Waals surface area contributed by atoms with Crippen LogP contribution in [0.5, 0.6) is 0 Å². The van der Waals surface area contributed by atoms with Crippen LogP contribution in [0.1, 0.15) is 6.92 Å². The average Bonchev–Trinajstić information content (AvgIpc) is 2.38. The van der Waals surface area contributed by atoms with Crippen LogP contribution in [0.4, 0.5) is 0 Å². The van der Waals surface area contributed by atoms with Crippen LogP contribution in [-0.2, 0) is 4.84 Å². The maximum atomic E-state index is 5.34. The van der Waals surface area contributed by atoms with E-state index < -0.39 is 0 Å². The van der Waals surface area contributed by atoms with Gasteiger partial charge in [0.05, 0.1) is 13.3 Å². The van der Waals surface area contributed by atoms with Crippen molar-refractivity contribution in [1.29, 1.82) is 0 Å². The third kappa shape index (κ3) is 3.54. The molecule has 0 aromatic rings. The van der Waals surface area contributed by atoms with E-state index in [2.05, 4.69) is 11.5 Å². The summed E-state index contributed by atoms with van der Waals surface area (Å²) in [6, 6.07) is 0. The Balaban J connectivity index is 0.00000121. The maximum Gasteiger partial charge on any atom is 0.0760 e. The van der Waals surface area contributed by atoms with Gasteiger partial charge in [-0.15, -0.1) is 19.0 Å². The summed E-state index contributed by atoms with van der Waals surface area (Å²) >= 11 is 0. The van der Waals surface area contributed by atoms with Gasteiger partial charge in [0.1, 0.15) is 0 Å². The Bertz CT molecular complexity index is 132. The highest BCUT2D eigenvalue weighted by Crippen LogP contribution is 2.04. The van der Waals surface area contributed by atoms with E-state index in [4.69, 9.17) is 4.84 Å². The summed E-state index contributed by atoms with van der Waals surface area (Å²) in [6.07, 6.45) is 1.93. The summed E-state index contributed by atoms with van der Waals surface area (Å²) in [5, 5.41) is 1.99. The van der Waals surface area contributed by atoms with Crippen LogP contribution in [0.3, 0.4) is 0 Å². The first-order valence-electron chi connectivity index (χ1n) is 4.08. The van der Waals surface area contributed by atoms with Gasteiger partial charge in [0.15, 0.2) is 0 Å². The lowest BCUT2D eigenvalue weighted by molar-refractivity contribution is -0.145. The molecule has 1 heterocycles. The van der Waals surface area contributed by atoms with Crippen LogP contribution in [0, 0.1) is 0 Å². The standard InChI is InChI=1S/C8H16N2O.ClH/c1-3-5-9-6-7-10(8-9)11-4-2;/h3H,1,4-8H2,2H3;1H. The van der Waals surface area contributed by atoms with Gasteiger partial charge < -0.3 is 0 Å². The second kappa shape index (κ2) is 6.43. The van der Waals surface area contributed by atoms with E-state index in [-0.39, 0.29) is 12.4 Å². The molecule has 0 saturated carbocycles. The molecule has 1 saturated heterocycles. The molecule has 12 heavy (non-hydrogen) atoms. The van der Waals surface area contributed by atoms with Crippen LogP contribution in [0.15, 0.2) is 12.7 Å². The van der Waals surface area contributed by atoms with Gasteiger partial charge in [-0.1, -0.05) is 6.08 Å². The molecular weight excluding hydrogens is 176 g/mol. The number of rotatable bonds is 4. The maximum absolute atomic E-state index is 5.34. The fourth-order valence-corrected chi connectivity index (χ4v) is 1.24. The topological polar surface area (TPSA) is 15.7 Å². The van der Waals surface area contributed by atoms with E-state index in [1.807, 2.05) is 18.1 Å². The van der Waals surface area contributed by atoms with Gasteiger partial charge in [-0.3, -0.25) is 9.74 Å². The molecule has 0 aromatic heterocycles. The highest BCUT2D eigenvalue weighted by atomic mass is 35.5. The fourth-order valence-electron chi connectivity index (χ4n) is 1.24. The van der Waals surface area contributed by atoms with Crippen LogP contribution < -0.4 is 0 Å². The number of halogens is 1. The summed E-state index contributed by atoms with van der Waals surface area (Å²) in [5.74, 6) is 0. The molecule has 0 atom stereocenters. The zero-order chi connectivity index (χ0) is 8.10. The van der Waals surface area contributed by atoms with E-state index in [0.29, 0.717) is 0 Å². The smallest absolute Gasteiger partial charge is 0.0760 e. The molecule has 0 N–H and O–H groups in total. The molecular formula is C8H17ClN2O. The lowest BCUT2D eigenvalue weighted by Crippen LogP contribution is -2.25. The minimum Gasteiger partial charge on any atom is -0.298 e. The van der Waals surface area contributed by atoms with Gasteiger partial charge in [-0.05, 0) is 6.92 Å². The van der Waals surface area contributed by atoms with Crippen molar-refractivity contribution in [2.45, 2.75) is 6.92 Å². The Kier molecular flexibility index (Phi) is 6.38.